The Morgan fingerprint density at radius 3 is 2.57 bits per heavy atom. The van der Waals surface area contributed by atoms with Gasteiger partial charge in [0.25, 0.3) is 0 Å². The van der Waals surface area contributed by atoms with Crippen molar-refractivity contribution in [1.29, 1.82) is 0 Å². The SMILES string of the molecule is CCNC(I)[I-]I. The molecule has 0 saturated carbocycles. The summed E-state index contributed by atoms with van der Waals surface area (Å²) in [6.45, 7) is 3.25. The van der Waals surface area contributed by atoms with Gasteiger partial charge in [-0.25, -0.2) is 0 Å². The van der Waals surface area contributed by atoms with Crippen LogP contribution >= 0.6 is 41.2 Å². The van der Waals surface area contributed by atoms with Crippen molar-refractivity contribution in [3.63, 3.8) is 0 Å². The number of halogens is 3. The molecule has 0 rings (SSSR count). The predicted octanol–water partition coefficient (Wildman–Crippen LogP) is -1.25. The van der Waals surface area contributed by atoms with Gasteiger partial charge in [-0.15, -0.1) is 0 Å². The molecular formula is C3H7I3N-. The van der Waals surface area contributed by atoms with Crippen LogP contribution in [0, 0.1) is 0 Å². The summed E-state index contributed by atoms with van der Waals surface area (Å²) in [5, 5.41) is 3.32. The molecule has 0 aromatic heterocycles. The average Bonchev–Trinajstić information content (AvgIpc) is 1.68. The zero-order valence-electron chi connectivity index (χ0n) is 3.92. The molecule has 7 heavy (non-hydrogen) atoms. The minimum atomic E-state index is 0.384. The Morgan fingerprint density at radius 2 is 2.43 bits per heavy atom. The Morgan fingerprint density at radius 1 is 1.86 bits per heavy atom. The molecule has 0 fully saturated rings. The van der Waals surface area contributed by atoms with Gasteiger partial charge in [0.15, 0.2) is 0 Å². The van der Waals surface area contributed by atoms with Crippen molar-refractivity contribution in [3.05, 3.63) is 0 Å². The van der Waals surface area contributed by atoms with Crippen molar-refractivity contribution in [1.82, 2.24) is 5.32 Å². The third-order valence-electron chi connectivity index (χ3n) is 0.431. The van der Waals surface area contributed by atoms with Crippen molar-refractivity contribution in [3.8, 4) is 0 Å². The second-order valence-corrected chi connectivity index (χ2v) is 9.44. The van der Waals surface area contributed by atoms with Gasteiger partial charge in [0.1, 0.15) is 0 Å². The Bertz CT molecular complexity index is 41.2. The molecule has 0 aliphatic carbocycles. The number of nitrogens with one attached hydrogen (secondary N) is 1. The van der Waals surface area contributed by atoms with E-state index in [2.05, 4.69) is 53.4 Å². The molecule has 0 aliphatic heterocycles. The van der Waals surface area contributed by atoms with E-state index in [1.807, 2.05) is 0 Å². The Balaban J connectivity index is 2.83. The van der Waals surface area contributed by atoms with E-state index < -0.39 is 0 Å². The Labute approximate surface area is 78.0 Å². The normalized spacial score (nSPS) is 14.7. The van der Waals surface area contributed by atoms with Gasteiger partial charge in [0.2, 0.25) is 0 Å². The zero-order valence-corrected chi connectivity index (χ0v) is 10.4. The molecule has 0 spiro atoms. The van der Waals surface area contributed by atoms with E-state index >= 15 is 0 Å². The van der Waals surface area contributed by atoms with Gasteiger partial charge in [0.05, 0.1) is 0 Å². The van der Waals surface area contributed by atoms with Crippen LogP contribution in [0.5, 0.6) is 0 Å². The standard InChI is InChI=1S/C3H7I3N/c1-2-7-3(4)6-5/h3,7H,2H2,1H3/q-1. The quantitative estimate of drug-likeness (QED) is 0.331. The third-order valence-corrected chi connectivity index (χ3v) is 12.5. The topological polar surface area (TPSA) is 12.0 Å². The molecule has 1 nitrogen and oxygen atoms in total. The molecule has 0 saturated heterocycles. The number of hydrogen-bond donors (Lipinski definition) is 1. The van der Waals surface area contributed by atoms with Crippen molar-refractivity contribution < 1.29 is 17.2 Å². The van der Waals surface area contributed by atoms with Crippen LogP contribution in [0.15, 0.2) is 0 Å². The van der Waals surface area contributed by atoms with E-state index in [4.69, 9.17) is 0 Å². The second-order valence-electron chi connectivity index (χ2n) is 0.941. The average molecular weight is 438 g/mol. The van der Waals surface area contributed by atoms with E-state index in [9.17, 15) is 0 Å². The number of rotatable bonds is 3. The first-order chi connectivity index (χ1) is 3.31. The fourth-order valence-corrected chi connectivity index (χ4v) is 2.35. The van der Waals surface area contributed by atoms with E-state index in [-0.39, 0.29) is 0 Å². The Hall–Kier alpha value is 2.15. The molecule has 1 atom stereocenters. The first kappa shape index (κ1) is 9.15. The predicted molar refractivity (Wildman–Crippen MR) is 45.5 cm³/mol. The fraction of sp³-hybridized carbons (Fsp3) is 1.00. The monoisotopic (exact) mass is 438 g/mol. The van der Waals surface area contributed by atoms with E-state index in [0.29, 0.717) is 17.2 Å². The fourth-order valence-electron chi connectivity index (χ4n) is 0.183. The van der Waals surface area contributed by atoms with Crippen LogP contribution in [0.3, 0.4) is 0 Å². The van der Waals surface area contributed by atoms with Gasteiger partial charge in [-0.3, -0.25) is 0 Å². The summed E-state index contributed by atoms with van der Waals surface area (Å²) < 4.78 is 0.766. The van der Waals surface area contributed by atoms with Crippen LogP contribution in [0.2, 0.25) is 0 Å². The number of hydrogen-bond acceptors (Lipinski definition) is 1. The summed E-state index contributed by atoms with van der Waals surface area (Å²) in [5.74, 6) is 0. The van der Waals surface area contributed by atoms with Crippen LogP contribution in [0.4, 0.5) is 0 Å². The molecule has 1 N–H and O–H groups in total. The van der Waals surface area contributed by atoms with Crippen LogP contribution in [-0.4, -0.2) is 8.60 Å². The summed E-state index contributed by atoms with van der Waals surface area (Å²) in [6.07, 6.45) is 0. The van der Waals surface area contributed by atoms with Gasteiger partial charge >= 0.3 is 79.3 Å². The molecule has 0 aliphatic rings. The zero-order chi connectivity index (χ0) is 5.70. The van der Waals surface area contributed by atoms with Crippen LogP contribution in [0.25, 0.3) is 0 Å². The van der Waals surface area contributed by atoms with Gasteiger partial charge in [-0.2, -0.15) is 0 Å². The summed E-state index contributed by atoms with van der Waals surface area (Å²) in [4.78, 5) is 0. The molecule has 0 aromatic carbocycles. The minimum absolute atomic E-state index is 0.384. The molecule has 0 bridgehead atoms. The molecule has 1 unspecified atom stereocenters. The number of alkyl halides is 2. The summed E-state index contributed by atoms with van der Waals surface area (Å²) >= 11 is 5.30. The molecule has 4 heteroatoms. The van der Waals surface area contributed by atoms with Crippen molar-refractivity contribution in [2.75, 3.05) is 6.54 Å². The van der Waals surface area contributed by atoms with E-state index in [1.54, 1.807) is 0 Å². The van der Waals surface area contributed by atoms with Crippen LogP contribution in [-0.2, 0) is 0 Å². The first-order valence-corrected chi connectivity index (χ1v) is 10.7. The summed E-state index contributed by atoms with van der Waals surface area (Å²) in [7, 11) is 0. The van der Waals surface area contributed by atoms with Crippen molar-refractivity contribution in [2.24, 2.45) is 0 Å². The van der Waals surface area contributed by atoms with Crippen LogP contribution in [0.1, 0.15) is 6.92 Å². The van der Waals surface area contributed by atoms with Gasteiger partial charge < -0.3 is 0 Å². The van der Waals surface area contributed by atoms with E-state index in [0.717, 1.165) is 8.60 Å². The van der Waals surface area contributed by atoms with Crippen molar-refractivity contribution >= 4 is 41.2 Å². The maximum atomic E-state index is 3.32. The summed E-state index contributed by atoms with van der Waals surface area (Å²) in [5.41, 5.74) is 0. The molecule has 0 heterocycles. The van der Waals surface area contributed by atoms with Gasteiger partial charge in [0, 0.05) is 0 Å². The molecule has 0 amide bonds. The van der Waals surface area contributed by atoms with E-state index in [1.165, 1.54) is 0 Å². The van der Waals surface area contributed by atoms with Crippen molar-refractivity contribution in [2.45, 2.75) is 8.98 Å². The molecular weight excluding hydrogens is 431 g/mol. The summed E-state index contributed by atoms with van der Waals surface area (Å²) in [6, 6.07) is 0. The first-order valence-electron chi connectivity index (χ1n) is 1.93. The van der Waals surface area contributed by atoms with Gasteiger partial charge in [-0.05, 0) is 0 Å². The van der Waals surface area contributed by atoms with Crippen LogP contribution < -0.4 is 22.5 Å². The second kappa shape index (κ2) is 6.27. The Kier molecular flexibility index (Phi) is 8.20. The molecule has 46 valence electrons. The molecule has 0 aromatic rings. The maximum absolute atomic E-state index is 3.32. The molecule has 0 radical (unpaired) electrons. The third kappa shape index (κ3) is 6.03. The van der Waals surface area contributed by atoms with Gasteiger partial charge in [-0.1, -0.05) is 0 Å².